The summed E-state index contributed by atoms with van der Waals surface area (Å²) in [5.41, 5.74) is 5.37. The Hall–Kier alpha value is -2.92. The van der Waals surface area contributed by atoms with Gasteiger partial charge in [0.05, 0.1) is 12.8 Å². The number of nitrogens with one attached hydrogen (secondary N) is 2. The number of hydrogen-bond acceptors (Lipinski definition) is 7. The molecule has 1 heterocycles. The molecule has 0 saturated carbocycles. The Morgan fingerprint density at radius 2 is 1.74 bits per heavy atom. The molecule has 0 unspecified atom stereocenters. The Kier molecular flexibility index (Phi) is 8.55. The smallest absolute Gasteiger partial charge is 0.277 e. The van der Waals surface area contributed by atoms with Crippen molar-refractivity contribution in [3.8, 4) is 5.75 Å². The van der Waals surface area contributed by atoms with Crippen molar-refractivity contribution in [2.45, 2.75) is 41.2 Å². The first-order chi connectivity index (χ1) is 16.5. The van der Waals surface area contributed by atoms with Gasteiger partial charge in [-0.25, -0.2) is 10.1 Å². The molecule has 0 spiro atoms. The van der Waals surface area contributed by atoms with Crippen LogP contribution in [0, 0.1) is 20.8 Å². The summed E-state index contributed by atoms with van der Waals surface area (Å²) >= 11 is 6.36. The highest BCUT2D eigenvalue weighted by molar-refractivity contribution is 7.86. The lowest BCUT2D eigenvalue weighted by atomic mass is 10.1. The molecule has 0 amide bonds. The second-order valence-electron chi connectivity index (χ2n) is 8.13. The molecule has 3 aromatic rings. The van der Waals surface area contributed by atoms with Crippen LogP contribution in [0.4, 0.5) is 23.1 Å². The summed E-state index contributed by atoms with van der Waals surface area (Å²) in [6.07, 6.45) is 1.53. The third kappa shape index (κ3) is 6.82. The number of halogens is 1. The lowest BCUT2D eigenvalue weighted by Crippen LogP contribution is -2.35. The molecule has 0 aliphatic carbocycles. The van der Waals surface area contributed by atoms with Crippen LogP contribution in [0.15, 0.2) is 36.5 Å². The summed E-state index contributed by atoms with van der Waals surface area (Å²) in [5.74, 6) is 1.71. The average molecular weight is 519 g/mol. The van der Waals surface area contributed by atoms with Crippen LogP contribution in [0.2, 0.25) is 5.02 Å². The normalized spacial score (nSPS) is 11.5. The van der Waals surface area contributed by atoms with Crippen molar-refractivity contribution in [3.05, 3.63) is 63.8 Å². The van der Waals surface area contributed by atoms with E-state index in [0.29, 0.717) is 23.4 Å². The van der Waals surface area contributed by atoms with E-state index in [1.807, 2.05) is 58.0 Å². The molecular formula is C24H31ClN6O3S. The van der Waals surface area contributed by atoms with Crippen molar-refractivity contribution in [3.63, 3.8) is 0 Å². The summed E-state index contributed by atoms with van der Waals surface area (Å²) in [6.45, 7) is 10.7. The highest BCUT2D eigenvalue weighted by Crippen LogP contribution is 2.30. The van der Waals surface area contributed by atoms with Crippen LogP contribution in [0.1, 0.15) is 36.1 Å². The van der Waals surface area contributed by atoms with E-state index in [1.54, 1.807) is 6.92 Å². The van der Waals surface area contributed by atoms with E-state index in [-0.39, 0.29) is 13.1 Å². The monoisotopic (exact) mass is 518 g/mol. The first-order valence-electron chi connectivity index (χ1n) is 11.2. The number of hydrogen-bond donors (Lipinski definition) is 3. The quantitative estimate of drug-likeness (QED) is 0.346. The largest absolute Gasteiger partial charge is 0.493 e. The van der Waals surface area contributed by atoms with E-state index in [9.17, 15) is 8.42 Å². The molecule has 0 atom stereocenters. The lowest BCUT2D eigenvalue weighted by molar-refractivity contribution is 0.335. The molecule has 0 aliphatic heterocycles. The molecule has 35 heavy (non-hydrogen) atoms. The minimum absolute atomic E-state index is 0.194. The van der Waals surface area contributed by atoms with Gasteiger partial charge in [-0.2, -0.15) is 17.7 Å². The van der Waals surface area contributed by atoms with Crippen LogP contribution < -0.4 is 20.5 Å². The summed E-state index contributed by atoms with van der Waals surface area (Å²) in [4.78, 5) is 8.83. The van der Waals surface area contributed by atoms with Gasteiger partial charge in [0.25, 0.3) is 10.2 Å². The van der Waals surface area contributed by atoms with Crippen LogP contribution >= 0.6 is 11.6 Å². The van der Waals surface area contributed by atoms with Gasteiger partial charge in [-0.3, -0.25) is 0 Å². The highest BCUT2D eigenvalue weighted by atomic mass is 35.5. The van der Waals surface area contributed by atoms with Crippen LogP contribution in [-0.2, 0) is 16.8 Å². The van der Waals surface area contributed by atoms with Gasteiger partial charge in [-0.1, -0.05) is 30.7 Å². The number of aromatic nitrogens is 2. The van der Waals surface area contributed by atoms with Gasteiger partial charge < -0.3 is 15.4 Å². The van der Waals surface area contributed by atoms with E-state index >= 15 is 0 Å². The van der Waals surface area contributed by atoms with E-state index < -0.39 is 10.2 Å². The zero-order valence-corrected chi connectivity index (χ0v) is 22.1. The molecule has 0 bridgehead atoms. The Balaban J connectivity index is 1.80. The fourth-order valence-electron chi connectivity index (χ4n) is 3.72. The number of ether oxygens (including phenoxy) is 1. The van der Waals surface area contributed by atoms with Crippen molar-refractivity contribution in [2.24, 2.45) is 5.14 Å². The van der Waals surface area contributed by atoms with E-state index in [1.165, 1.54) is 10.5 Å². The third-order valence-electron chi connectivity index (χ3n) is 5.36. The number of benzene rings is 2. The molecule has 3 rings (SSSR count). The minimum Gasteiger partial charge on any atom is -0.493 e. The molecule has 4 N–H and O–H groups in total. The Labute approximate surface area is 211 Å². The van der Waals surface area contributed by atoms with Crippen molar-refractivity contribution in [1.29, 1.82) is 0 Å². The molecule has 188 valence electrons. The maximum atomic E-state index is 11.7. The van der Waals surface area contributed by atoms with Gasteiger partial charge in [-0.15, -0.1) is 0 Å². The van der Waals surface area contributed by atoms with Gasteiger partial charge in [0, 0.05) is 24.5 Å². The summed E-state index contributed by atoms with van der Waals surface area (Å²) in [7, 11) is -3.76. The van der Waals surface area contributed by atoms with Crippen LogP contribution in [0.25, 0.3) is 0 Å². The Morgan fingerprint density at radius 3 is 2.31 bits per heavy atom. The van der Waals surface area contributed by atoms with Gasteiger partial charge in [0.2, 0.25) is 5.95 Å². The predicted molar refractivity (Wildman–Crippen MR) is 141 cm³/mol. The molecule has 0 saturated heterocycles. The topological polar surface area (TPSA) is 122 Å². The molecule has 0 radical (unpaired) electrons. The number of anilines is 4. The lowest BCUT2D eigenvalue weighted by Gasteiger charge is -2.18. The second kappa shape index (κ2) is 11.2. The number of nitrogens with two attached hydrogens (primary N) is 1. The zero-order chi connectivity index (χ0) is 25.8. The van der Waals surface area contributed by atoms with E-state index in [4.69, 9.17) is 21.5 Å². The van der Waals surface area contributed by atoms with Crippen molar-refractivity contribution in [1.82, 2.24) is 14.3 Å². The van der Waals surface area contributed by atoms with Gasteiger partial charge in [-0.05, 0) is 68.1 Å². The minimum atomic E-state index is -3.76. The average Bonchev–Trinajstić information content (AvgIpc) is 2.77. The van der Waals surface area contributed by atoms with Crippen molar-refractivity contribution < 1.29 is 13.2 Å². The standard InChI is InChI=1S/C24H31ClN6O3S/c1-6-31(35(26,32)33)14-18-8-9-21(15(3)10-18)29-23-20(25)13-27-24(30-23)28-19-11-16(4)22(34-7-2)17(5)12-19/h8-13H,6-7,14H2,1-5H3,(H2,26,32,33)(H2,27,28,29,30). The molecule has 2 aromatic carbocycles. The van der Waals surface area contributed by atoms with E-state index in [2.05, 4.69) is 20.6 Å². The summed E-state index contributed by atoms with van der Waals surface area (Å²) in [6, 6.07) is 9.55. The number of rotatable bonds is 10. The SMILES string of the molecule is CCOc1c(C)cc(Nc2ncc(Cl)c(Nc3ccc(CN(CC)S(N)(=O)=O)cc3C)n2)cc1C. The van der Waals surface area contributed by atoms with Gasteiger partial charge in [0.15, 0.2) is 5.82 Å². The maximum absolute atomic E-state index is 11.7. The Bertz CT molecular complexity index is 1290. The summed E-state index contributed by atoms with van der Waals surface area (Å²) < 4.78 is 30.3. The van der Waals surface area contributed by atoms with E-state index in [0.717, 1.165) is 39.4 Å². The maximum Gasteiger partial charge on any atom is 0.277 e. The molecular weight excluding hydrogens is 488 g/mol. The highest BCUT2D eigenvalue weighted by Gasteiger charge is 2.16. The first-order valence-corrected chi connectivity index (χ1v) is 13.1. The van der Waals surface area contributed by atoms with Crippen LogP contribution in [0.5, 0.6) is 5.75 Å². The molecule has 0 fully saturated rings. The first kappa shape index (κ1) is 26.7. The molecule has 9 nitrogen and oxygen atoms in total. The number of aryl methyl sites for hydroxylation is 3. The third-order valence-corrected chi connectivity index (χ3v) is 6.75. The van der Waals surface area contributed by atoms with Crippen molar-refractivity contribution in [2.75, 3.05) is 23.8 Å². The van der Waals surface area contributed by atoms with Crippen LogP contribution in [0.3, 0.4) is 0 Å². The fourth-order valence-corrected chi connectivity index (χ4v) is 4.54. The number of nitrogens with zero attached hydrogens (tertiary/aromatic N) is 3. The fraction of sp³-hybridized carbons (Fsp3) is 0.333. The predicted octanol–water partition coefficient (Wildman–Crippen LogP) is 4.97. The second-order valence-corrected chi connectivity index (χ2v) is 10.1. The van der Waals surface area contributed by atoms with Crippen molar-refractivity contribution >= 4 is 45.0 Å². The molecule has 11 heteroatoms. The Morgan fingerprint density at radius 1 is 1.06 bits per heavy atom. The molecule has 0 aliphatic rings. The zero-order valence-electron chi connectivity index (χ0n) is 20.5. The van der Waals surface area contributed by atoms with Gasteiger partial charge >= 0.3 is 0 Å². The van der Waals surface area contributed by atoms with Crippen LogP contribution in [-0.4, -0.2) is 35.8 Å². The summed E-state index contributed by atoms with van der Waals surface area (Å²) in [5, 5.41) is 12.1. The molecule has 1 aromatic heterocycles. The van der Waals surface area contributed by atoms with Gasteiger partial charge in [0.1, 0.15) is 10.8 Å².